The van der Waals surface area contributed by atoms with Gasteiger partial charge in [0.05, 0.1) is 23.0 Å². The molecule has 0 saturated carbocycles. The van der Waals surface area contributed by atoms with Gasteiger partial charge in [0.25, 0.3) is 11.8 Å². The number of hydrogen-bond acceptors (Lipinski definition) is 6. The van der Waals surface area contributed by atoms with Crippen molar-refractivity contribution in [1.29, 1.82) is 5.26 Å². The van der Waals surface area contributed by atoms with Crippen LogP contribution in [0.5, 0.6) is 0 Å². The van der Waals surface area contributed by atoms with Gasteiger partial charge in [-0.1, -0.05) is 30.8 Å². The van der Waals surface area contributed by atoms with Crippen LogP contribution in [0.1, 0.15) is 46.5 Å². The Morgan fingerprint density at radius 2 is 1.89 bits per heavy atom. The molecule has 3 aromatic rings. The van der Waals surface area contributed by atoms with Gasteiger partial charge in [0.2, 0.25) is 0 Å². The Hall–Kier alpha value is -4.22. The van der Waals surface area contributed by atoms with Gasteiger partial charge in [-0.2, -0.15) is 5.26 Å². The summed E-state index contributed by atoms with van der Waals surface area (Å²) >= 11 is 0. The first-order valence-electron chi connectivity index (χ1n) is 12.5. The quantitative estimate of drug-likeness (QED) is 0.429. The van der Waals surface area contributed by atoms with Gasteiger partial charge >= 0.3 is 0 Å². The Balaban J connectivity index is 1.43. The molecule has 8 heteroatoms. The van der Waals surface area contributed by atoms with E-state index in [2.05, 4.69) is 34.1 Å². The standard InChI is InChI=1S/C29H30N6O2/c1-17(15-30)16-32-27-23(28(31)36)11-8-18-6-7-19(12-24(18)27)25-4-3-5-26(34-25)29(37)33-20-13-21-9-10-22(14-20)35(21)2/h3-8,11-12,20-22,32H,1,9-10,13-14,16H2,2H3,(H2,31,36)(H,33,37). The number of anilines is 1. The lowest BCUT2D eigenvalue weighted by Gasteiger charge is -2.36. The van der Waals surface area contributed by atoms with Crippen molar-refractivity contribution in [2.45, 2.75) is 43.8 Å². The van der Waals surface area contributed by atoms with Crippen molar-refractivity contribution in [3.05, 3.63) is 71.9 Å². The second kappa shape index (κ2) is 10.0. The fourth-order valence-electron chi connectivity index (χ4n) is 5.62. The minimum atomic E-state index is -0.573. The largest absolute Gasteiger partial charge is 0.379 e. The number of nitrogens with zero attached hydrogens (tertiary/aromatic N) is 3. The number of carbonyl (C=O) groups excluding carboxylic acids is 2. The molecule has 2 aliphatic rings. The Kier molecular flexibility index (Phi) is 6.64. The number of aromatic nitrogens is 1. The van der Waals surface area contributed by atoms with Gasteiger partial charge in [0.15, 0.2) is 0 Å². The maximum atomic E-state index is 13.1. The first-order chi connectivity index (χ1) is 17.8. The lowest BCUT2D eigenvalue weighted by Crippen LogP contribution is -2.48. The highest BCUT2D eigenvalue weighted by Crippen LogP contribution is 2.34. The smallest absolute Gasteiger partial charge is 0.270 e. The van der Waals surface area contributed by atoms with Crippen LogP contribution < -0.4 is 16.4 Å². The summed E-state index contributed by atoms with van der Waals surface area (Å²) < 4.78 is 0. The van der Waals surface area contributed by atoms with Gasteiger partial charge in [-0.3, -0.25) is 9.59 Å². The van der Waals surface area contributed by atoms with Gasteiger partial charge in [0.1, 0.15) is 5.69 Å². The topological polar surface area (TPSA) is 124 Å². The predicted molar refractivity (Wildman–Crippen MR) is 144 cm³/mol. The maximum absolute atomic E-state index is 13.1. The van der Waals surface area contributed by atoms with E-state index in [0.717, 1.165) is 29.2 Å². The Labute approximate surface area is 216 Å². The molecular formula is C29H30N6O2. The second-order valence-electron chi connectivity index (χ2n) is 9.96. The summed E-state index contributed by atoms with van der Waals surface area (Å²) in [5, 5.41) is 17.1. The summed E-state index contributed by atoms with van der Waals surface area (Å²) in [4.78, 5) is 32.3. The summed E-state index contributed by atoms with van der Waals surface area (Å²) in [6.07, 6.45) is 4.34. The minimum Gasteiger partial charge on any atom is -0.379 e. The molecule has 3 heterocycles. The van der Waals surface area contributed by atoms with E-state index in [4.69, 9.17) is 11.0 Å². The van der Waals surface area contributed by atoms with Crippen LogP contribution in [0.4, 0.5) is 5.69 Å². The molecule has 1 aromatic heterocycles. The molecule has 4 N–H and O–H groups in total. The first-order valence-corrected chi connectivity index (χ1v) is 12.5. The Morgan fingerprint density at radius 3 is 2.59 bits per heavy atom. The van der Waals surface area contributed by atoms with Crippen LogP contribution in [0.3, 0.4) is 0 Å². The van der Waals surface area contributed by atoms with Crippen LogP contribution in [-0.4, -0.2) is 53.4 Å². The number of piperidine rings is 1. The lowest BCUT2D eigenvalue weighted by atomic mass is 9.98. The molecule has 0 spiro atoms. The van der Waals surface area contributed by atoms with E-state index in [1.54, 1.807) is 12.1 Å². The van der Waals surface area contributed by atoms with Crippen LogP contribution >= 0.6 is 0 Å². The van der Waals surface area contributed by atoms with Gasteiger partial charge < -0.3 is 21.3 Å². The van der Waals surface area contributed by atoms with E-state index in [1.807, 2.05) is 42.5 Å². The zero-order valence-corrected chi connectivity index (χ0v) is 20.8. The third kappa shape index (κ3) is 4.91. The van der Waals surface area contributed by atoms with Gasteiger partial charge in [-0.15, -0.1) is 0 Å². The molecule has 5 rings (SSSR count). The van der Waals surface area contributed by atoms with Crippen molar-refractivity contribution in [3.8, 4) is 17.3 Å². The summed E-state index contributed by atoms with van der Waals surface area (Å²) in [6.45, 7) is 3.89. The first kappa shape index (κ1) is 24.5. The lowest BCUT2D eigenvalue weighted by molar-refractivity contribution is 0.0877. The normalized spacial score (nSPS) is 20.8. The SMILES string of the molecule is C=C(C#N)CNc1c(C(N)=O)ccc2ccc(-c3cccc(C(=O)NC4CC5CCC(C4)N5C)n3)cc12. The zero-order chi connectivity index (χ0) is 26.1. The highest BCUT2D eigenvalue weighted by atomic mass is 16.2. The number of carbonyl (C=O) groups is 2. The van der Waals surface area contributed by atoms with E-state index in [0.29, 0.717) is 40.3 Å². The van der Waals surface area contributed by atoms with Crippen molar-refractivity contribution in [1.82, 2.24) is 15.2 Å². The fraction of sp³-hybridized carbons (Fsp3) is 0.310. The molecule has 2 atom stereocenters. The Bertz CT molecular complexity index is 1430. The zero-order valence-electron chi connectivity index (χ0n) is 20.8. The number of fused-ring (bicyclic) bond motifs is 3. The molecular weight excluding hydrogens is 464 g/mol. The third-order valence-electron chi connectivity index (χ3n) is 7.63. The van der Waals surface area contributed by atoms with Crippen molar-refractivity contribution < 1.29 is 9.59 Å². The molecule has 2 aliphatic heterocycles. The van der Waals surface area contributed by atoms with Gasteiger partial charge in [-0.05, 0) is 62.4 Å². The number of rotatable bonds is 7. The highest BCUT2D eigenvalue weighted by Gasteiger charge is 2.38. The monoisotopic (exact) mass is 494 g/mol. The van der Waals surface area contributed by atoms with Crippen LogP contribution in [0.15, 0.2) is 60.7 Å². The van der Waals surface area contributed by atoms with Crippen LogP contribution in [0.25, 0.3) is 22.0 Å². The summed E-state index contributed by atoms with van der Waals surface area (Å²) in [5.41, 5.74) is 8.64. The molecule has 2 amide bonds. The highest BCUT2D eigenvalue weighted by molar-refractivity contribution is 6.08. The van der Waals surface area contributed by atoms with E-state index in [1.165, 1.54) is 12.8 Å². The number of amides is 2. The molecule has 2 aromatic carbocycles. The fourth-order valence-corrected chi connectivity index (χ4v) is 5.62. The third-order valence-corrected chi connectivity index (χ3v) is 7.63. The van der Waals surface area contributed by atoms with Crippen LogP contribution in [0.2, 0.25) is 0 Å². The van der Waals surface area contributed by atoms with Crippen LogP contribution in [-0.2, 0) is 0 Å². The van der Waals surface area contributed by atoms with Crippen molar-refractivity contribution >= 4 is 28.3 Å². The molecule has 2 saturated heterocycles. The molecule has 2 bridgehead atoms. The predicted octanol–water partition coefficient (Wildman–Crippen LogP) is 3.85. The van der Waals surface area contributed by atoms with E-state index in [9.17, 15) is 9.59 Å². The number of primary amides is 1. The summed E-state index contributed by atoms with van der Waals surface area (Å²) in [7, 11) is 2.18. The number of nitrogens with one attached hydrogen (secondary N) is 2. The molecule has 0 aliphatic carbocycles. The molecule has 2 fully saturated rings. The van der Waals surface area contributed by atoms with Gasteiger partial charge in [0, 0.05) is 41.2 Å². The summed E-state index contributed by atoms with van der Waals surface area (Å²) in [6, 6.07) is 17.9. The average molecular weight is 495 g/mol. The number of pyridine rings is 1. The molecule has 188 valence electrons. The Morgan fingerprint density at radius 1 is 1.16 bits per heavy atom. The number of benzene rings is 2. The van der Waals surface area contributed by atoms with Crippen molar-refractivity contribution in [3.63, 3.8) is 0 Å². The molecule has 8 nitrogen and oxygen atoms in total. The van der Waals surface area contributed by atoms with E-state index in [-0.39, 0.29) is 18.5 Å². The molecule has 37 heavy (non-hydrogen) atoms. The average Bonchev–Trinajstić information content (AvgIpc) is 3.10. The van der Waals surface area contributed by atoms with E-state index < -0.39 is 5.91 Å². The van der Waals surface area contributed by atoms with Crippen LogP contribution in [0, 0.1) is 11.3 Å². The maximum Gasteiger partial charge on any atom is 0.270 e. The van der Waals surface area contributed by atoms with Crippen molar-refractivity contribution in [2.75, 3.05) is 18.9 Å². The van der Waals surface area contributed by atoms with E-state index >= 15 is 0 Å². The second-order valence-corrected chi connectivity index (χ2v) is 9.96. The number of hydrogen-bond donors (Lipinski definition) is 3. The summed E-state index contributed by atoms with van der Waals surface area (Å²) in [5.74, 6) is -0.735. The number of nitriles is 1. The van der Waals surface area contributed by atoms with Gasteiger partial charge in [-0.25, -0.2) is 4.98 Å². The number of nitrogens with two attached hydrogens (primary N) is 1. The minimum absolute atomic E-state index is 0.162. The molecule has 0 radical (unpaired) electrons. The van der Waals surface area contributed by atoms with Crippen molar-refractivity contribution in [2.24, 2.45) is 5.73 Å². The molecule has 2 unspecified atom stereocenters.